The molecule has 0 bridgehead atoms. The number of aryl methyl sites for hydroxylation is 1. The van der Waals surface area contributed by atoms with Crippen LogP contribution in [-0.4, -0.2) is 24.1 Å². The van der Waals surface area contributed by atoms with Gasteiger partial charge in [-0.05, 0) is 19.3 Å². The summed E-state index contributed by atoms with van der Waals surface area (Å²) in [5, 5.41) is 12.4. The summed E-state index contributed by atoms with van der Waals surface area (Å²) in [6.45, 7) is 2.02. The molecule has 1 rings (SSSR count). The molecule has 7 nitrogen and oxygen atoms in total. The number of ketones is 1. The number of nitrogens with one attached hydrogen (secondary N) is 1. The maximum Gasteiger partial charge on any atom is 0.410 e. The van der Waals surface area contributed by atoms with Crippen LogP contribution in [0, 0.1) is 0 Å². The van der Waals surface area contributed by atoms with E-state index in [9.17, 15) is 19.5 Å². The van der Waals surface area contributed by atoms with Gasteiger partial charge in [-0.25, -0.2) is 9.59 Å². The van der Waals surface area contributed by atoms with E-state index in [4.69, 9.17) is 4.42 Å². The normalized spacial score (nSPS) is 10.8. The van der Waals surface area contributed by atoms with Crippen molar-refractivity contribution in [3.63, 3.8) is 0 Å². The van der Waals surface area contributed by atoms with E-state index < -0.39 is 11.7 Å². The highest BCUT2D eigenvalue weighted by Gasteiger charge is 2.18. The van der Waals surface area contributed by atoms with E-state index in [1.807, 2.05) is 6.92 Å². The molecule has 1 heterocycles. The van der Waals surface area contributed by atoms with Gasteiger partial charge >= 0.3 is 11.7 Å². The van der Waals surface area contributed by atoms with Crippen LogP contribution in [0.5, 0.6) is 5.75 Å². The average Bonchev–Trinajstić information content (AvgIpc) is 2.57. The Morgan fingerprint density at radius 3 is 2.72 bits per heavy atom. The smallest absolute Gasteiger partial charge is 0.410 e. The molecule has 0 saturated heterocycles. The zero-order valence-corrected chi connectivity index (χ0v) is 14.7. The Morgan fingerprint density at radius 2 is 2.08 bits per heavy atom. The van der Waals surface area contributed by atoms with E-state index in [1.165, 1.54) is 19.4 Å². The summed E-state index contributed by atoms with van der Waals surface area (Å²) < 4.78 is 9.54. The number of allylic oxidation sites excluding steroid dienone is 1. The van der Waals surface area contributed by atoms with Gasteiger partial charge in [-0.15, -0.1) is 0 Å². The van der Waals surface area contributed by atoms with Gasteiger partial charge in [0.15, 0.2) is 5.78 Å². The van der Waals surface area contributed by atoms with E-state index in [0.29, 0.717) is 31.4 Å². The molecule has 0 spiro atoms. The number of carbonyl (C=O) groups excluding carboxylic acids is 2. The first-order chi connectivity index (χ1) is 12.0. The predicted octanol–water partition coefficient (Wildman–Crippen LogP) is 3.30. The van der Waals surface area contributed by atoms with Crippen LogP contribution in [0.1, 0.15) is 61.6 Å². The minimum absolute atomic E-state index is 0.226. The number of Topliss-reactive ketones (excluding diaryl/α,β-unsaturated/α-hetero) is 1. The maximum atomic E-state index is 12.0. The van der Waals surface area contributed by atoms with Gasteiger partial charge in [0.1, 0.15) is 17.1 Å². The van der Waals surface area contributed by atoms with E-state index >= 15 is 0 Å². The fourth-order valence-electron chi connectivity index (χ4n) is 2.23. The largest absolute Gasteiger partial charge is 0.507 e. The molecule has 2 N–H and O–H groups in total. The topological polar surface area (TPSA) is 106 Å². The maximum absolute atomic E-state index is 12.0. The Hall–Kier alpha value is -2.57. The van der Waals surface area contributed by atoms with Crippen LogP contribution in [-0.2, 0) is 11.2 Å². The van der Waals surface area contributed by atoms with Crippen molar-refractivity contribution in [3.05, 3.63) is 40.1 Å². The number of hydrogen-bond donors (Lipinski definition) is 2. The molecule has 0 aliphatic carbocycles. The molecule has 0 aliphatic heterocycles. The zero-order valence-electron chi connectivity index (χ0n) is 14.7. The van der Waals surface area contributed by atoms with E-state index in [0.717, 1.165) is 12.8 Å². The zero-order chi connectivity index (χ0) is 18.7. The number of methoxy groups -OCH3 is 1. The summed E-state index contributed by atoms with van der Waals surface area (Å²) >= 11 is 0. The van der Waals surface area contributed by atoms with Crippen molar-refractivity contribution in [2.24, 2.45) is 0 Å². The SMILES string of the molecule is CCCCCC(=O)c1c(O)cc(CCC/C=C/NC(=O)OC)oc1=O. The number of rotatable bonds is 10. The second-order valence-corrected chi connectivity index (χ2v) is 5.57. The van der Waals surface area contributed by atoms with Gasteiger partial charge in [0, 0.05) is 25.1 Å². The molecule has 1 aromatic heterocycles. The number of amides is 1. The molecule has 0 atom stereocenters. The summed E-state index contributed by atoms with van der Waals surface area (Å²) in [4.78, 5) is 34.8. The average molecular weight is 351 g/mol. The number of hydrogen-bond acceptors (Lipinski definition) is 6. The third kappa shape index (κ3) is 7.24. The van der Waals surface area contributed by atoms with Gasteiger partial charge in [0.25, 0.3) is 0 Å². The molecule has 0 fully saturated rings. The summed E-state index contributed by atoms with van der Waals surface area (Å²) in [7, 11) is 1.27. The number of unbranched alkanes of at least 4 members (excludes halogenated alkanes) is 3. The minimum Gasteiger partial charge on any atom is -0.507 e. The lowest BCUT2D eigenvalue weighted by molar-refractivity contribution is 0.0972. The fraction of sp³-hybridized carbons (Fsp3) is 0.500. The highest BCUT2D eigenvalue weighted by Crippen LogP contribution is 2.19. The molecule has 0 unspecified atom stereocenters. The van der Waals surface area contributed by atoms with Gasteiger partial charge in [0.2, 0.25) is 0 Å². The molecule has 1 aromatic rings. The molecule has 7 heteroatoms. The Bertz CT molecular complexity index is 662. The molecule has 0 aliphatic rings. The summed E-state index contributed by atoms with van der Waals surface area (Å²) in [5.41, 5.74) is -1.05. The van der Waals surface area contributed by atoms with Crippen LogP contribution >= 0.6 is 0 Å². The minimum atomic E-state index is -0.792. The van der Waals surface area contributed by atoms with Crippen LogP contribution in [0.3, 0.4) is 0 Å². The van der Waals surface area contributed by atoms with Crippen molar-refractivity contribution in [2.45, 2.75) is 51.9 Å². The van der Waals surface area contributed by atoms with Gasteiger partial charge in [-0.3, -0.25) is 10.1 Å². The number of ether oxygens (including phenoxy) is 1. The third-order valence-electron chi connectivity index (χ3n) is 3.57. The first-order valence-corrected chi connectivity index (χ1v) is 8.38. The summed E-state index contributed by atoms with van der Waals surface area (Å²) in [6.07, 6.45) is 7.13. The second-order valence-electron chi connectivity index (χ2n) is 5.57. The predicted molar refractivity (Wildman–Crippen MR) is 92.7 cm³/mol. The molecular weight excluding hydrogens is 326 g/mol. The van der Waals surface area contributed by atoms with Crippen molar-refractivity contribution in [2.75, 3.05) is 7.11 Å². The van der Waals surface area contributed by atoms with Crippen molar-refractivity contribution in [3.8, 4) is 5.75 Å². The Labute approximate surface area is 146 Å². The molecule has 0 aromatic carbocycles. The number of carbonyl (C=O) groups is 2. The fourth-order valence-corrected chi connectivity index (χ4v) is 2.23. The van der Waals surface area contributed by atoms with Crippen molar-refractivity contribution in [1.82, 2.24) is 5.32 Å². The van der Waals surface area contributed by atoms with Crippen molar-refractivity contribution >= 4 is 11.9 Å². The standard InChI is InChI=1S/C18H25NO6/c1-3-4-6-10-14(20)16-15(21)12-13(25-17(16)22)9-7-5-8-11-19-18(23)24-2/h8,11-12,21H,3-7,9-10H2,1-2H3,(H,19,23)/b11-8+. The van der Waals surface area contributed by atoms with Gasteiger partial charge in [-0.1, -0.05) is 25.8 Å². The molecular formula is C18H25NO6. The lowest BCUT2D eigenvalue weighted by Gasteiger charge is -2.05. The molecule has 138 valence electrons. The Kier molecular flexibility index (Phi) is 9.06. The van der Waals surface area contributed by atoms with Gasteiger partial charge < -0.3 is 14.3 Å². The van der Waals surface area contributed by atoms with E-state index in [-0.39, 0.29) is 23.5 Å². The van der Waals surface area contributed by atoms with Crippen LogP contribution in [0.4, 0.5) is 4.79 Å². The van der Waals surface area contributed by atoms with Crippen molar-refractivity contribution in [1.29, 1.82) is 0 Å². The summed E-state index contributed by atoms with van der Waals surface area (Å²) in [5.74, 6) is -0.388. The van der Waals surface area contributed by atoms with Crippen LogP contribution in [0.2, 0.25) is 0 Å². The van der Waals surface area contributed by atoms with Crippen LogP contribution < -0.4 is 10.9 Å². The monoisotopic (exact) mass is 351 g/mol. The third-order valence-corrected chi connectivity index (χ3v) is 3.57. The first kappa shape index (κ1) is 20.5. The van der Waals surface area contributed by atoms with Crippen LogP contribution in [0.15, 0.2) is 27.6 Å². The Balaban J connectivity index is 2.56. The molecule has 0 radical (unpaired) electrons. The number of alkyl carbamates (subject to hydrolysis) is 1. The van der Waals surface area contributed by atoms with Gasteiger partial charge in [-0.2, -0.15) is 0 Å². The molecule has 25 heavy (non-hydrogen) atoms. The lowest BCUT2D eigenvalue weighted by atomic mass is 10.0. The Morgan fingerprint density at radius 1 is 1.32 bits per heavy atom. The molecule has 1 amide bonds. The quantitative estimate of drug-likeness (QED) is 0.495. The van der Waals surface area contributed by atoms with Crippen LogP contribution in [0.25, 0.3) is 0 Å². The second kappa shape index (κ2) is 11.1. The van der Waals surface area contributed by atoms with Gasteiger partial charge in [0.05, 0.1) is 7.11 Å². The molecule has 0 saturated carbocycles. The summed E-state index contributed by atoms with van der Waals surface area (Å²) in [6, 6.07) is 1.32. The van der Waals surface area contributed by atoms with Crippen molar-refractivity contribution < 1.29 is 23.8 Å². The highest BCUT2D eigenvalue weighted by atomic mass is 16.5. The lowest BCUT2D eigenvalue weighted by Crippen LogP contribution is -2.16. The van der Waals surface area contributed by atoms with E-state index in [1.54, 1.807) is 6.08 Å². The highest BCUT2D eigenvalue weighted by molar-refractivity contribution is 5.97. The first-order valence-electron chi connectivity index (χ1n) is 8.38. The van der Waals surface area contributed by atoms with E-state index in [2.05, 4.69) is 10.1 Å². The number of aromatic hydroxyl groups is 1.